The van der Waals surface area contributed by atoms with Crippen molar-refractivity contribution in [3.8, 4) is 11.1 Å². The zero-order chi connectivity index (χ0) is 15.5. The molecule has 1 heterocycles. The molecule has 0 fully saturated rings. The third-order valence-electron chi connectivity index (χ3n) is 3.69. The molecule has 1 amide bonds. The van der Waals surface area contributed by atoms with E-state index < -0.39 is 5.97 Å². The van der Waals surface area contributed by atoms with Crippen molar-refractivity contribution < 1.29 is 14.7 Å². The average molecular weight is 293 g/mol. The van der Waals surface area contributed by atoms with Crippen LogP contribution in [-0.4, -0.2) is 23.5 Å². The molecule has 4 heteroatoms. The SMILES string of the molecule is O=C(O)c1ccccc1-c1ccc(N2CCC=CC2=O)cc1. The van der Waals surface area contributed by atoms with Crippen LogP contribution in [0, 0.1) is 0 Å². The molecule has 1 N–H and O–H groups in total. The Hall–Kier alpha value is -2.88. The summed E-state index contributed by atoms with van der Waals surface area (Å²) in [7, 11) is 0. The number of hydrogen-bond acceptors (Lipinski definition) is 2. The lowest BCUT2D eigenvalue weighted by Gasteiger charge is -2.23. The summed E-state index contributed by atoms with van der Waals surface area (Å²) in [6, 6.07) is 14.3. The van der Waals surface area contributed by atoms with E-state index in [2.05, 4.69) is 0 Å². The fourth-order valence-electron chi connectivity index (χ4n) is 2.59. The second-order valence-electron chi connectivity index (χ2n) is 5.08. The quantitative estimate of drug-likeness (QED) is 0.944. The molecule has 4 nitrogen and oxygen atoms in total. The van der Waals surface area contributed by atoms with Gasteiger partial charge in [-0.3, -0.25) is 4.79 Å². The van der Waals surface area contributed by atoms with Gasteiger partial charge in [-0.15, -0.1) is 0 Å². The highest BCUT2D eigenvalue weighted by atomic mass is 16.4. The topological polar surface area (TPSA) is 57.6 Å². The standard InChI is InChI=1S/C18H15NO3/c20-17-7-3-4-12-19(17)14-10-8-13(9-11-14)15-5-1-2-6-16(15)18(21)22/h1-3,5-11H,4,12H2,(H,21,22). The van der Waals surface area contributed by atoms with Gasteiger partial charge in [0.2, 0.25) is 0 Å². The lowest BCUT2D eigenvalue weighted by atomic mass is 9.99. The van der Waals surface area contributed by atoms with E-state index in [4.69, 9.17) is 0 Å². The monoisotopic (exact) mass is 293 g/mol. The number of aromatic carboxylic acids is 1. The van der Waals surface area contributed by atoms with E-state index >= 15 is 0 Å². The molecule has 0 bridgehead atoms. The zero-order valence-electron chi connectivity index (χ0n) is 11.9. The number of nitrogens with zero attached hydrogens (tertiary/aromatic N) is 1. The molecule has 0 aliphatic carbocycles. The molecule has 1 aliphatic rings. The first-order valence-electron chi connectivity index (χ1n) is 7.07. The first-order valence-corrected chi connectivity index (χ1v) is 7.07. The Bertz CT molecular complexity index is 747. The summed E-state index contributed by atoms with van der Waals surface area (Å²) in [6.45, 7) is 0.667. The van der Waals surface area contributed by atoms with E-state index in [1.54, 1.807) is 29.2 Å². The lowest BCUT2D eigenvalue weighted by Crippen LogP contribution is -2.32. The largest absolute Gasteiger partial charge is 0.478 e. The van der Waals surface area contributed by atoms with E-state index in [-0.39, 0.29) is 11.5 Å². The molecule has 110 valence electrons. The van der Waals surface area contributed by atoms with Crippen molar-refractivity contribution in [1.29, 1.82) is 0 Å². The number of anilines is 1. The zero-order valence-corrected chi connectivity index (χ0v) is 11.9. The number of amides is 1. The molecule has 2 aromatic carbocycles. The Balaban J connectivity index is 1.94. The van der Waals surface area contributed by atoms with Crippen molar-refractivity contribution in [3.63, 3.8) is 0 Å². The highest BCUT2D eigenvalue weighted by Gasteiger charge is 2.16. The number of hydrogen-bond donors (Lipinski definition) is 1. The van der Waals surface area contributed by atoms with E-state index in [1.165, 1.54) is 0 Å². The summed E-state index contributed by atoms with van der Waals surface area (Å²) in [5, 5.41) is 9.26. The van der Waals surface area contributed by atoms with Crippen molar-refractivity contribution in [2.24, 2.45) is 0 Å². The van der Waals surface area contributed by atoms with Crippen molar-refractivity contribution >= 4 is 17.6 Å². The summed E-state index contributed by atoms with van der Waals surface area (Å²) in [6.07, 6.45) is 4.29. The maximum atomic E-state index is 11.9. The van der Waals surface area contributed by atoms with Crippen LogP contribution in [0.15, 0.2) is 60.7 Å². The Labute approximate surface area is 128 Å². The van der Waals surface area contributed by atoms with Gasteiger partial charge in [0.1, 0.15) is 0 Å². The summed E-state index contributed by atoms with van der Waals surface area (Å²) >= 11 is 0. The molecule has 0 saturated heterocycles. The summed E-state index contributed by atoms with van der Waals surface area (Å²) in [4.78, 5) is 24.9. The normalized spacial score (nSPS) is 14.2. The van der Waals surface area contributed by atoms with Crippen LogP contribution in [-0.2, 0) is 4.79 Å². The minimum Gasteiger partial charge on any atom is -0.478 e. The third-order valence-corrected chi connectivity index (χ3v) is 3.69. The number of carbonyl (C=O) groups is 2. The predicted molar refractivity (Wildman–Crippen MR) is 84.9 cm³/mol. The number of rotatable bonds is 3. The average Bonchev–Trinajstić information content (AvgIpc) is 2.55. The van der Waals surface area contributed by atoms with Gasteiger partial charge in [-0.1, -0.05) is 36.4 Å². The Morgan fingerprint density at radius 1 is 1.05 bits per heavy atom. The maximum absolute atomic E-state index is 11.9. The van der Waals surface area contributed by atoms with E-state index in [9.17, 15) is 14.7 Å². The van der Waals surface area contributed by atoms with Crippen molar-refractivity contribution in [2.75, 3.05) is 11.4 Å². The first-order chi connectivity index (χ1) is 10.7. The molecule has 0 spiro atoms. The fourth-order valence-corrected chi connectivity index (χ4v) is 2.59. The Morgan fingerprint density at radius 2 is 1.77 bits per heavy atom. The molecule has 3 rings (SSSR count). The molecular formula is C18H15NO3. The van der Waals surface area contributed by atoms with Crippen LogP contribution in [0.4, 0.5) is 5.69 Å². The number of carboxylic acid groups (broad SMARTS) is 1. The molecule has 22 heavy (non-hydrogen) atoms. The Morgan fingerprint density at radius 3 is 2.45 bits per heavy atom. The molecule has 1 aliphatic heterocycles. The lowest BCUT2D eigenvalue weighted by molar-refractivity contribution is -0.114. The van der Waals surface area contributed by atoms with Crippen LogP contribution in [0.5, 0.6) is 0 Å². The van der Waals surface area contributed by atoms with E-state index in [0.29, 0.717) is 12.1 Å². The number of benzene rings is 2. The van der Waals surface area contributed by atoms with Crippen molar-refractivity contribution in [3.05, 3.63) is 66.2 Å². The predicted octanol–water partition coefficient (Wildman–Crippen LogP) is 3.34. The van der Waals surface area contributed by atoms with Gasteiger partial charge in [0.15, 0.2) is 0 Å². The van der Waals surface area contributed by atoms with Gasteiger partial charge in [0.25, 0.3) is 5.91 Å². The number of carbonyl (C=O) groups excluding carboxylic acids is 1. The van der Waals surface area contributed by atoms with Gasteiger partial charge in [-0.05, 0) is 41.8 Å². The van der Waals surface area contributed by atoms with Crippen LogP contribution in [0.2, 0.25) is 0 Å². The summed E-state index contributed by atoms with van der Waals surface area (Å²) < 4.78 is 0. The number of carboxylic acids is 1. The van der Waals surface area contributed by atoms with Crippen LogP contribution in [0.25, 0.3) is 11.1 Å². The second kappa shape index (κ2) is 5.85. The summed E-state index contributed by atoms with van der Waals surface area (Å²) in [5.74, 6) is -0.971. The van der Waals surface area contributed by atoms with Gasteiger partial charge < -0.3 is 10.0 Å². The second-order valence-corrected chi connectivity index (χ2v) is 5.08. The Kier molecular flexibility index (Phi) is 3.74. The fraction of sp³-hybridized carbons (Fsp3) is 0.111. The third kappa shape index (κ3) is 2.63. The maximum Gasteiger partial charge on any atom is 0.336 e. The van der Waals surface area contributed by atoms with Gasteiger partial charge in [0.05, 0.1) is 5.56 Å². The van der Waals surface area contributed by atoms with Crippen molar-refractivity contribution in [2.45, 2.75) is 6.42 Å². The minimum absolute atomic E-state index is 0.0232. The smallest absolute Gasteiger partial charge is 0.336 e. The van der Waals surface area contributed by atoms with Gasteiger partial charge >= 0.3 is 5.97 Å². The van der Waals surface area contributed by atoms with Crippen LogP contribution in [0.3, 0.4) is 0 Å². The molecule has 0 atom stereocenters. The van der Waals surface area contributed by atoms with E-state index in [1.807, 2.05) is 36.4 Å². The van der Waals surface area contributed by atoms with Crippen LogP contribution < -0.4 is 4.90 Å². The molecule has 0 saturated carbocycles. The van der Waals surface area contributed by atoms with Gasteiger partial charge in [-0.25, -0.2) is 4.79 Å². The molecule has 0 aromatic heterocycles. The van der Waals surface area contributed by atoms with Gasteiger partial charge in [0, 0.05) is 12.2 Å². The minimum atomic E-state index is -0.948. The van der Waals surface area contributed by atoms with E-state index in [0.717, 1.165) is 17.7 Å². The van der Waals surface area contributed by atoms with Crippen molar-refractivity contribution in [1.82, 2.24) is 0 Å². The first kappa shape index (κ1) is 14.1. The molecular weight excluding hydrogens is 278 g/mol. The highest BCUT2D eigenvalue weighted by Crippen LogP contribution is 2.27. The molecule has 0 radical (unpaired) electrons. The summed E-state index contributed by atoms with van der Waals surface area (Å²) in [5.41, 5.74) is 2.59. The molecule has 0 unspecified atom stereocenters. The highest BCUT2D eigenvalue weighted by molar-refractivity contribution is 6.02. The van der Waals surface area contributed by atoms with Gasteiger partial charge in [-0.2, -0.15) is 0 Å². The van der Waals surface area contributed by atoms with Crippen LogP contribution in [0.1, 0.15) is 16.8 Å². The van der Waals surface area contributed by atoms with Crippen LogP contribution >= 0.6 is 0 Å². The molecule has 2 aromatic rings.